The number of furan rings is 1. The zero-order chi connectivity index (χ0) is 33.7. The summed E-state index contributed by atoms with van der Waals surface area (Å²) in [6, 6.07) is 52.5. The van der Waals surface area contributed by atoms with Gasteiger partial charge < -0.3 is 4.42 Å². The van der Waals surface area contributed by atoms with E-state index >= 15 is 0 Å². The molecule has 4 aromatic heterocycles. The van der Waals surface area contributed by atoms with Crippen molar-refractivity contribution < 1.29 is 4.42 Å². The van der Waals surface area contributed by atoms with Gasteiger partial charge in [0.05, 0.1) is 16.6 Å². The molecule has 7 nitrogen and oxygen atoms in total. The van der Waals surface area contributed by atoms with Gasteiger partial charge in [-0.15, -0.1) is 0 Å². The number of pyridine rings is 1. The molecule has 0 unspecified atom stereocenters. The third-order valence-electron chi connectivity index (χ3n) is 9.19. The fraction of sp³-hybridized carbons (Fsp3) is 0. The van der Waals surface area contributed by atoms with Gasteiger partial charge in [0.15, 0.2) is 23.3 Å². The van der Waals surface area contributed by atoms with Gasteiger partial charge in [0, 0.05) is 33.0 Å². The quantitative estimate of drug-likeness (QED) is 0.182. The molecule has 0 amide bonds. The summed E-state index contributed by atoms with van der Waals surface area (Å²) in [5.41, 5.74) is 7.21. The lowest BCUT2D eigenvalue weighted by Gasteiger charge is -2.13. The van der Waals surface area contributed by atoms with E-state index < -0.39 is 0 Å². The molecule has 7 heteroatoms. The number of benzene rings is 6. The maximum absolute atomic E-state index is 6.37. The number of hydrogen-bond donors (Lipinski definition) is 0. The van der Waals surface area contributed by atoms with Gasteiger partial charge in [-0.1, -0.05) is 127 Å². The molecule has 0 aliphatic rings. The molecule has 0 radical (unpaired) electrons. The minimum Gasteiger partial charge on any atom is -0.438 e. The highest BCUT2D eigenvalue weighted by atomic mass is 16.3. The smallest absolute Gasteiger partial charge is 0.231 e. The SMILES string of the molecule is c1ccc(-c2nc(-c3ccccc3)nc(-c3ccc(-c4nc(-c5ccc6ccccc6n5)c5c(n4)oc4ccccc45)c4ccccc34)n2)cc1. The van der Waals surface area contributed by atoms with Gasteiger partial charge in [0.25, 0.3) is 0 Å². The maximum Gasteiger partial charge on any atom is 0.231 e. The Morgan fingerprint density at radius 2 is 0.922 bits per heavy atom. The normalized spacial score (nSPS) is 11.5. The highest BCUT2D eigenvalue weighted by Gasteiger charge is 2.21. The number of fused-ring (bicyclic) bond motifs is 5. The second kappa shape index (κ2) is 11.8. The molecule has 10 rings (SSSR count). The van der Waals surface area contributed by atoms with Crippen LogP contribution in [0.1, 0.15) is 0 Å². The van der Waals surface area contributed by atoms with E-state index in [4.69, 9.17) is 34.3 Å². The predicted octanol–water partition coefficient (Wildman–Crippen LogP) is 10.6. The van der Waals surface area contributed by atoms with E-state index in [-0.39, 0.29) is 0 Å². The third-order valence-corrected chi connectivity index (χ3v) is 9.19. The number of hydrogen-bond acceptors (Lipinski definition) is 7. The van der Waals surface area contributed by atoms with Gasteiger partial charge in [-0.3, -0.25) is 0 Å². The molecule has 6 aromatic carbocycles. The Balaban J connectivity index is 1.20. The van der Waals surface area contributed by atoms with E-state index in [2.05, 4.69) is 30.3 Å². The summed E-state index contributed by atoms with van der Waals surface area (Å²) in [6.45, 7) is 0. The summed E-state index contributed by atoms with van der Waals surface area (Å²) >= 11 is 0. The van der Waals surface area contributed by atoms with E-state index in [1.807, 2.05) is 127 Å². The lowest BCUT2D eigenvalue weighted by atomic mass is 9.98. The molecule has 0 fully saturated rings. The number of rotatable bonds is 5. The molecule has 51 heavy (non-hydrogen) atoms. The minimum atomic E-state index is 0.511. The molecule has 0 aliphatic heterocycles. The van der Waals surface area contributed by atoms with Crippen LogP contribution < -0.4 is 0 Å². The van der Waals surface area contributed by atoms with Crippen LogP contribution in [0.2, 0.25) is 0 Å². The van der Waals surface area contributed by atoms with Crippen molar-refractivity contribution in [3.05, 3.63) is 158 Å². The average molecular weight is 655 g/mol. The molecule has 0 N–H and O–H groups in total. The Bertz CT molecular complexity index is 2870. The molecule has 4 heterocycles. The highest BCUT2D eigenvalue weighted by molar-refractivity contribution is 6.11. The lowest BCUT2D eigenvalue weighted by molar-refractivity contribution is 0.653. The molecular weight excluding hydrogens is 629 g/mol. The molecular formula is C44H26N6O. The van der Waals surface area contributed by atoms with Gasteiger partial charge in [-0.05, 0) is 41.1 Å². The first-order valence-corrected chi connectivity index (χ1v) is 16.7. The summed E-state index contributed by atoms with van der Waals surface area (Å²) in [5, 5.41) is 4.78. The van der Waals surface area contributed by atoms with Crippen molar-refractivity contribution in [2.75, 3.05) is 0 Å². The first-order valence-electron chi connectivity index (χ1n) is 16.7. The van der Waals surface area contributed by atoms with Crippen LogP contribution in [0.3, 0.4) is 0 Å². The fourth-order valence-corrected chi connectivity index (χ4v) is 6.74. The van der Waals surface area contributed by atoms with Crippen molar-refractivity contribution in [3.8, 4) is 56.9 Å². The molecule has 0 saturated heterocycles. The molecule has 238 valence electrons. The first kappa shape index (κ1) is 28.9. The first-order chi connectivity index (χ1) is 25.3. The molecule has 0 aliphatic carbocycles. The topological polar surface area (TPSA) is 90.5 Å². The molecule has 10 aromatic rings. The number of aromatic nitrogens is 6. The standard InChI is InChI=1S/C44H26N6O/c1-3-14-28(15-4-1)40-47-41(29-16-5-2-6-17-29)49-43(48-40)33-25-24-32(30-18-8-9-19-31(30)33)42-46-39(36-26-23-27-13-7-11-21-35(27)45-36)38-34-20-10-12-22-37(34)51-44(38)50-42/h1-26H. The fourth-order valence-electron chi connectivity index (χ4n) is 6.74. The minimum absolute atomic E-state index is 0.511. The van der Waals surface area contributed by atoms with E-state index in [1.54, 1.807) is 0 Å². The monoisotopic (exact) mass is 654 g/mol. The van der Waals surface area contributed by atoms with Crippen LogP contribution in [-0.2, 0) is 0 Å². The largest absolute Gasteiger partial charge is 0.438 e. The summed E-state index contributed by atoms with van der Waals surface area (Å²) in [4.78, 5) is 30.3. The van der Waals surface area contributed by atoms with Crippen molar-refractivity contribution in [1.82, 2.24) is 29.9 Å². The summed E-state index contributed by atoms with van der Waals surface area (Å²) < 4.78 is 6.37. The predicted molar refractivity (Wildman–Crippen MR) is 203 cm³/mol. The highest BCUT2D eigenvalue weighted by Crippen LogP contribution is 2.39. The van der Waals surface area contributed by atoms with E-state index in [0.29, 0.717) is 29.0 Å². The Morgan fingerprint density at radius 1 is 0.373 bits per heavy atom. The van der Waals surface area contributed by atoms with Crippen LogP contribution in [0.4, 0.5) is 0 Å². The van der Waals surface area contributed by atoms with Gasteiger partial charge in [0.1, 0.15) is 11.3 Å². The molecule has 0 saturated carbocycles. The summed E-state index contributed by atoms with van der Waals surface area (Å²) in [6.07, 6.45) is 0. The van der Waals surface area contributed by atoms with Crippen molar-refractivity contribution in [1.29, 1.82) is 0 Å². The van der Waals surface area contributed by atoms with Crippen LogP contribution in [0.15, 0.2) is 162 Å². The molecule has 0 bridgehead atoms. The zero-order valence-corrected chi connectivity index (χ0v) is 27.1. The van der Waals surface area contributed by atoms with E-state index in [0.717, 1.165) is 71.7 Å². The zero-order valence-electron chi connectivity index (χ0n) is 27.1. The van der Waals surface area contributed by atoms with Gasteiger partial charge in [-0.25, -0.2) is 24.9 Å². The Labute approximate surface area is 292 Å². The molecule has 0 atom stereocenters. The van der Waals surface area contributed by atoms with Gasteiger partial charge in [0.2, 0.25) is 5.71 Å². The summed E-state index contributed by atoms with van der Waals surface area (Å²) in [5.74, 6) is 2.35. The van der Waals surface area contributed by atoms with Crippen molar-refractivity contribution in [3.63, 3.8) is 0 Å². The van der Waals surface area contributed by atoms with E-state index in [1.165, 1.54) is 0 Å². The summed E-state index contributed by atoms with van der Waals surface area (Å²) in [7, 11) is 0. The Kier molecular flexibility index (Phi) is 6.67. The van der Waals surface area contributed by atoms with Crippen molar-refractivity contribution in [2.24, 2.45) is 0 Å². The third kappa shape index (κ3) is 4.99. The van der Waals surface area contributed by atoms with Gasteiger partial charge in [-0.2, -0.15) is 4.98 Å². The van der Waals surface area contributed by atoms with Crippen LogP contribution in [0.25, 0.3) is 101 Å². The van der Waals surface area contributed by atoms with Crippen LogP contribution >= 0.6 is 0 Å². The van der Waals surface area contributed by atoms with Crippen molar-refractivity contribution in [2.45, 2.75) is 0 Å². The van der Waals surface area contributed by atoms with Crippen molar-refractivity contribution >= 4 is 43.7 Å². The number of para-hydroxylation sites is 2. The second-order valence-electron chi connectivity index (χ2n) is 12.3. The Morgan fingerprint density at radius 3 is 1.61 bits per heavy atom. The Hall–Kier alpha value is -7.12. The average Bonchev–Trinajstić information content (AvgIpc) is 3.59. The van der Waals surface area contributed by atoms with Crippen LogP contribution in [0, 0.1) is 0 Å². The van der Waals surface area contributed by atoms with Crippen LogP contribution in [-0.4, -0.2) is 29.9 Å². The second-order valence-corrected chi connectivity index (χ2v) is 12.3. The van der Waals surface area contributed by atoms with E-state index in [9.17, 15) is 0 Å². The maximum atomic E-state index is 6.37. The number of nitrogens with zero attached hydrogens (tertiary/aromatic N) is 6. The molecule has 0 spiro atoms. The van der Waals surface area contributed by atoms with Gasteiger partial charge >= 0.3 is 0 Å². The van der Waals surface area contributed by atoms with Crippen LogP contribution in [0.5, 0.6) is 0 Å². The lowest BCUT2D eigenvalue weighted by Crippen LogP contribution is -2.01.